The molecule has 0 aliphatic heterocycles. The second-order valence-corrected chi connectivity index (χ2v) is 6.77. The maximum absolute atomic E-state index is 13.3. The Morgan fingerprint density at radius 2 is 1.93 bits per heavy atom. The first-order chi connectivity index (χ1) is 13.4. The molecule has 2 heterocycles. The summed E-state index contributed by atoms with van der Waals surface area (Å²) in [4.78, 5) is 35.8. The molecule has 0 saturated carbocycles. The van der Waals surface area contributed by atoms with E-state index in [1.165, 1.54) is 18.2 Å². The Morgan fingerprint density at radius 3 is 2.57 bits per heavy atom. The monoisotopic (exact) mass is 380 g/mol. The van der Waals surface area contributed by atoms with Crippen molar-refractivity contribution in [1.29, 1.82) is 0 Å². The molecule has 0 saturated heterocycles. The molecule has 2 N–H and O–H groups in total. The van der Waals surface area contributed by atoms with Crippen molar-refractivity contribution in [3.63, 3.8) is 0 Å². The molecule has 2 aromatic heterocycles. The van der Waals surface area contributed by atoms with Crippen LogP contribution >= 0.6 is 0 Å². The van der Waals surface area contributed by atoms with Gasteiger partial charge in [-0.3, -0.25) is 14.6 Å². The van der Waals surface area contributed by atoms with Crippen LogP contribution in [0.4, 0.5) is 4.39 Å². The number of hydrogen-bond acceptors (Lipinski definition) is 4. The van der Waals surface area contributed by atoms with Gasteiger partial charge in [-0.1, -0.05) is 32.0 Å². The normalized spacial score (nSPS) is 12.0. The molecule has 0 radical (unpaired) electrons. The number of amides is 1. The number of carbonyl (C=O) groups excluding carboxylic acids is 1. The van der Waals surface area contributed by atoms with Crippen molar-refractivity contribution in [2.75, 3.05) is 0 Å². The Balaban J connectivity index is 1.94. The second kappa shape index (κ2) is 8.56. The molecule has 0 spiro atoms. The zero-order valence-corrected chi connectivity index (χ0v) is 15.6. The fourth-order valence-corrected chi connectivity index (χ4v) is 2.73. The summed E-state index contributed by atoms with van der Waals surface area (Å²) in [5.41, 5.74) is 1.48. The highest BCUT2D eigenvalue weighted by atomic mass is 19.1. The lowest BCUT2D eigenvalue weighted by molar-refractivity contribution is -0.124. The van der Waals surface area contributed by atoms with E-state index >= 15 is 0 Å². The Labute approximate surface area is 161 Å². The van der Waals surface area contributed by atoms with E-state index in [4.69, 9.17) is 0 Å². The predicted octanol–water partition coefficient (Wildman–Crippen LogP) is 3.03. The molecule has 28 heavy (non-hydrogen) atoms. The molecule has 0 aliphatic carbocycles. The molecule has 3 aromatic rings. The van der Waals surface area contributed by atoms with Gasteiger partial charge in [0.05, 0.1) is 11.7 Å². The van der Waals surface area contributed by atoms with E-state index in [2.05, 4.69) is 20.3 Å². The molecule has 0 bridgehead atoms. The molecule has 144 valence electrons. The van der Waals surface area contributed by atoms with E-state index < -0.39 is 6.04 Å². The standard InChI is InChI=1S/C21H21FN4O2/c1-13(2)21(28)25-18(14-6-8-15(22)9-7-14)11-16-12-19(27)26-20(24-16)17-5-3-4-10-23-17/h3-10,12-13,18H,11H2,1-2H3,(H,25,28)(H,24,26,27)/t18-/m1/s1. The van der Waals surface area contributed by atoms with Gasteiger partial charge in [-0.2, -0.15) is 0 Å². The summed E-state index contributed by atoms with van der Waals surface area (Å²) in [5, 5.41) is 2.95. The summed E-state index contributed by atoms with van der Waals surface area (Å²) in [6, 6.07) is 12.2. The average Bonchev–Trinajstić information content (AvgIpc) is 2.68. The number of aromatic amines is 1. The van der Waals surface area contributed by atoms with E-state index in [9.17, 15) is 14.0 Å². The third kappa shape index (κ3) is 4.88. The minimum absolute atomic E-state index is 0.135. The Bertz CT molecular complexity index is 1000. The van der Waals surface area contributed by atoms with Crippen LogP contribution in [0.15, 0.2) is 59.5 Å². The van der Waals surface area contributed by atoms with Crippen molar-refractivity contribution < 1.29 is 9.18 Å². The molecule has 0 fully saturated rings. The number of halogens is 1. The lowest BCUT2D eigenvalue weighted by Gasteiger charge is -2.20. The first-order valence-corrected chi connectivity index (χ1v) is 9.00. The van der Waals surface area contributed by atoms with Crippen LogP contribution in [0.3, 0.4) is 0 Å². The maximum Gasteiger partial charge on any atom is 0.251 e. The van der Waals surface area contributed by atoms with Crippen LogP contribution in [0.2, 0.25) is 0 Å². The molecular weight excluding hydrogens is 359 g/mol. The molecule has 1 atom stereocenters. The fourth-order valence-electron chi connectivity index (χ4n) is 2.73. The van der Waals surface area contributed by atoms with Gasteiger partial charge < -0.3 is 10.3 Å². The SMILES string of the molecule is CC(C)C(=O)N[C@H](Cc1cc(=O)[nH]c(-c2ccccn2)n1)c1ccc(F)cc1. The summed E-state index contributed by atoms with van der Waals surface area (Å²) in [6.45, 7) is 3.59. The van der Waals surface area contributed by atoms with Gasteiger partial charge in [0, 0.05) is 24.6 Å². The summed E-state index contributed by atoms with van der Waals surface area (Å²) < 4.78 is 13.3. The Morgan fingerprint density at radius 1 is 1.18 bits per heavy atom. The van der Waals surface area contributed by atoms with Gasteiger partial charge in [-0.15, -0.1) is 0 Å². The number of carbonyl (C=O) groups is 1. The average molecular weight is 380 g/mol. The van der Waals surface area contributed by atoms with Crippen LogP contribution in [0.1, 0.15) is 31.1 Å². The summed E-state index contributed by atoms with van der Waals surface area (Å²) in [5.74, 6) is -0.344. The highest BCUT2D eigenvalue weighted by Gasteiger charge is 2.19. The van der Waals surface area contributed by atoms with Crippen molar-refractivity contribution in [3.05, 3.63) is 82.2 Å². The lowest BCUT2D eigenvalue weighted by Crippen LogP contribution is -2.33. The molecule has 7 heteroatoms. The van der Waals surface area contributed by atoms with Crippen LogP contribution in [-0.4, -0.2) is 20.9 Å². The van der Waals surface area contributed by atoms with Gasteiger partial charge >= 0.3 is 0 Å². The molecule has 1 aromatic carbocycles. The van der Waals surface area contributed by atoms with Crippen molar-refractivity contribution in [2.45, 2.75) is 26.3 Å². The van der Waals surface area contributed by atoms with Crippen molar-refractivity contribution >= 4 is 5.91 Å². The Hall–Kier alpha value is -3.35. The van der Waals surface area contributed by atoms with E-state index in [0.717, 1.165) is 5.56 Å². The van der Waals surface area contributed by atoms with E-state index in [-0.39, 0.29) is 29.6 Å². The zero-order valence-electron chi connectivity index (χ0n) is 15.6. The number of aromatic nitrogens is 3. The minimum Gasteiger partial charge on any atom is -0.349 e. The van der Waals surface area contributed by atoms with Gasteiger partial charge in [0.2, 0.25) is 5.91 Å². The minimum atomic E-state index is -0.443. The second-order valence-electron chi connectivity index (χ2n) is 6.77. The molecule has 0 aliphatic rings. The largest absolute Gasteiger partial charge is 0.349 e. The number of rotatable bonds is 6. The highest BCUT2D eigenvalue weighted by molar-refractivity contribution is 5.78. The van der Waals surface area contributed by atoms with Crippen LogP contribution in [0, 0.1) is 11.7 Å². The number of benzene rings is 1. The summed E-state index contributed by atoms with van der Waals surface area (Å²) in [7, 11) is 0. The van der Waals surface area contributed by atoms with Crippen molar-refractivity contribution in [3.8, 4) is 11.5 Å². The molecule has 6 nitrogen and oxygen atoms in total. The van der Waals surface area contributed by atoms with Crippen molar-refractivity contribution in [2.24, 2.45) is 5.92 Å². The van der Waals surface area contributed by atoms with E-state index in [1.807, 2.05) is 0 Å². The molecule has 3 rings (SSSR count). The number of pyridine rings is 1. The van der Waals surface area contributed by atoms with Crippen LogP contribution in [0.5, 0.6) is 0 Å². The number of hydrogen-bond donors (Lipinski definition) is 2. The predicted molar refractivity (Wildman–Crippen MR) is 104 cm³/mol. The van der Waals surface area contributed by atoms with Crippen molar-refractivity contribution in [1.82, 2.24) is 20.3 Å². The Kier molecular flexibility index (Phi) is 5.93. The number of nitrogens with zero attached hydrogens (tertiary/aromatic N) is 2. The van der Waals surface area contributed by atoms with Gasteiger partial charge in [-0.05, 0) is 29.8 Å². The zero-order chi connectivity index (χ0) is 20.1. The van der Waals surface area contributed by atoms with Crippen LogP contribution in [0.25, 0.3) is 11.5 Å². The van der Waals surface area contributed by atoms with Gasteiger partial charge in [0.15, 0.2) is 5.82 Å². The third-order valence-corrected chi connectivity index (χ3v) is 4.23. The molecule has 0 unspecified atom stereocenters. The number of H-pyrrole nitrogens is 1. The topological polar surface area (TPSA) is 87.7 Å². The van der Waals surface area contributed by atoms with Gasteiger partial charge in [-0.25, -0.2) is 9.37 Å². The summed E-state index contributed by atoms with van der Waals surface area (Å²) in [6.07, 6.45) is 1.90. The first kappa shape index (κ1) is 19.4. The summed E-state index contributed by atoms with van der Waals surface area (Å²) >= 11 is 0. The smallest absolute Gasteiger partial charge is 0.251 e. The van der Waals surface area contributed by atoms with Crippen LogP contribution < -0.4 is 10.9 Å². The highest BCUT2D eigenvalue weighted by Crippen LogP contribution is 2.19. The molecular formula is C21H21FN4O2. The maximum atomic E-state index is 13.3. The van der Waals surface area contributed by atoms with Crippen LogP contribution in [-0.2, 0) is 11.2 Å². The first-order valence-electron chi connectivity index (χ1n) is 9.00. The number of nitrogens with one attached hydrogen (secondary N) is 2. The lowest BCUT2D eigenvalue weighted by atomic mass is 10.0. The molecule has 1 amide bonds. The quantitative estimate of drug-likeness (QED) is 0.688. The van der Waals surface area contributed by atoms with Gasteiger partial charge in [0.1, 0.15) is 11.5 Å². The fraction of sp³-hybridized carbons (Fsp3) is 0.238. The van der Waals surface area contributed by atoms with E-state index in [0.29, 0.717) is 17.2 Å². The van der Waals surface area contributed by atoms with E-state index in [1.54, 1.807) is 50.4 Å². The third-order valence-electron chi connectivity index (χ3n) is 4.23. The van der Waals surface area contributed by atoms with Gasteiger partial charge in [0.25, 0.3) is 5.56 Å².